The molecule has 1 aliphatic rings. The molecular weight excluding hydrogens is 334 g/mol. The molecule has 0 saturated carbocycles. The van der Waals surface area contributed by atoms with Gasteiger partial charge in [-0.1, -0.05) is 29.8 Å². The Morgan fingerprint density at radius 2 is 2.00 bits per heavy atom. The normalized spacial score (nSPS) is 20.9. The number of nitrogens with zero attached hydrogens (tertiary/aromatic N) is 1. The highest BCUT2D eigenvalue weighted by atomic mass is 35.5. The summed E-state index contributed by atoms with van der Waals surface area (Å²) in [7, 11) is 0. The first-order valence-corrected chi connectivity index (χ1v) is 8.12. The highest BCUT2D eigenvalue weighted by Gasteiger charge is 2.42. The summed E-state index contributed by atoms with van der Waals surface area (Å²) in [5.41, 5.74) is 0.137. The number of rotatable bonds is 4. The third kappa shape index (κ3) is 4.85. The molecular formula is C17H22ClNO5. The van der Waals surface area contributed by atoms with Crippen LogP contribution in [0.4, 0.5) is 4.79 Å². The van der Waals surface area contributed by atoms with Crippen LogP contribution in [0.15, 0.2) is 24.3 Å². The van der Waals surface area contributed by atoms with E-state index in [1.54, 1.807) is 26.8 Å². The van der Waals surface area contributed by atoms with Gasteiger partial charge in [0.15, 0.2) is 0 Å². The Kier molecular flexibility index (Phi) is 5.72. The Bertz CT molecular complexity index is 613. The third-order valence-corrected chi connectivity index (χ3v) is 3.98. The van der Waals surface area contributed by atoms with E-state index < -0.39 is 23.7 Å². The van der Waals surface area contributed by atoms with Gasteiger partial charge in [0.05, 0.1) is 19.3 Å². The van der Waals surface area contributed by atoms with E-state index in [2.05, 4.69) is 0 Å². The van der Waals surface area contributed by atoms with Crippen molar-refractivity contribution in [3.05, 3.63) is 34.9 Å². The summed E-state index contributed by atoms with van der Waals surface area (Å²) in [6, 6.07) is 6.34. The predicted octanol–water partition coefficient (Wildman–Crippen LogP) is 3.32. The Morgan fingerprint density at radius 3 is 2.58 bits per heavy atom. The van der Waals surface area contributed by atoms with Gasteiger partial charge in [-0.15, -0.1) is 0 Å². The quantitative estimate of drug-likeness (QED) is 0.896. The molecule has 0 spiro atoms. The van der Waals surface area contributed by atoms with E-state index in [-0.39, 0.29) is 25.7 Å². The minimum atomic E-state index is -1.07. The highest BCUT2D eigenvalue weighted by Crippen LogP contribution is 2.25. The van der Waals surface area contributed by atoms with Crippen LogP contribution in [0.25, 0.3) is 0 Å². The van der Waals surface area contributed by atoms with Crippen LogP contribution in [0.5, 0.6) is 0 Å². The Balaban J connectivity index is 2.00. The van der Waals surface area contributed by atoms with E-state index in [1.165, 1.54) is 4.90 Å². The summed E-state index contributed by atoms with van der Waals surface area (Å²) >= 11 is 6.08. The molecule has 1 fully saturated rings. The van der Waals surface area contributed by atoms with Crippen molar-refractivity contribution in [1.82, 2.24) is 4.90 Å². The van der Waals surface area contributed by atoms with Crippen molar-refractivity contribution in [2.75, 3.05) is 6.54 Å². The molecule has 2 rings (SSSR count). The molecule has 1 saturated heterocycles. The molecule has 0 bridgehead atoms. The van der Waals surface area contributed by atoms with Crippen LogP contribution in [0, 0.1) is 0 Å². The van der Waals surface area contributed by atoms with Gasteiger partial charge in [0.2, 0.25) is 0 Å². The number of ether oxygens (including phenoxy) is 2. The van der Waals surface area contributed by atoms with Crippen LogP contribution < -0.4 is 0 Å². The molecule has 1 amide bonds. The average Bonchev–Trinajstić information content (AvgIpc) is 2.89. The fraction of sp³-hybridized carbons (Fsp3) is 0.529. The van der Waals surface area contributed by atoms with Crippen LogP contribution in [-0.2, 0) is 20.9 Å². The molecule has 6 nitrogen and oxygen atoms in total. The van der Waals surface area contributed by atoms with Gasteiger partial charge in [-0.05, 0) is 32.4 Å². The molecule has 1 aromatic rings. The number of hydrogen-bond donors (Lipinski definition) is 1. The second-order valence-corrected chi connectivity index (χ2v) is 7.15. The number of carboxylic acid groups (broad SMARTS) is 1. The Hall–Kier alpha value is -1.79. The lowest BCUT2D eigenvalue weighted by molar-refractivity contribution is -0.142. The largest absolute Gasteiger partial charge is 0.480 e. The zero-order chi connectivity index (χ0) is 17.9. The summed E-state index contributed by atoms with van der Waals surface area (Å²) in [5.74, 6) is -1.07. The number of carbonyl (C=O) groups excluding carboxylic acids is 1. The molecule has 1 aliphatic heterocycles. The molecule has 0 radical (unpaired) electrons. The van der Waals surface area contributed by atoms with Crippen molar-refractivity contribution in [2.45, 2.75) is 51.5 Å². The van der Waals surface area contributed by atoms with E-state index in [9.17, 15) is 14.7 Å². The number of benzene rings is 1. The van der Waals surface area contributed by atoms with Gasteiger partial charge in [-0.3, -0.25) is 4.90 Å². The van der Waals surface area contributed by atoms with Crippen molar-refractivity contribution >= 4 is 23.7 Å². The van der Waals surface area contributed by atoms with E-state index in [1.807, 2.05) is 18.2 Å². The van der Waals surface area contributed by atoms with Crippen LogP contribution in [0.3, 0.4) is 0 Å². The first kappa shape index (κ1) is 18.5. The number of aliphatic carboxylic acids is 1. The van der Waals surface area contributed by atoms with Crippen molar-refractivity contribution in [3.63, 3.8) is 0 Å². The summed E-state index contributed by atoms with van der Waals surface area (Å²) in [4.78, 5) is 24.9. The van der Waals surface area contributed by atoms with Gasteiger partial charge in [0.1, 0.15) is 11.6 Å². The molecule has 132 valence electrons. The Labute approximate surface area is 146 Å². The number of hydrogen-bond acceptors (Lipinski definition) is 4. The van der Waals surface area contributed by atoms with E-state index in [4.69, 9.17) is 21.1 Å². The first-order chi connectivity index (χ1) is 11.2. The zero-order valence-electron chi connectivity index (χ0n) is 14.0. The Morgan fingerprint density at radius 1 is 1.33 bits per heavy atom. The summed E-state index contributed by atoms with van der Waals surface area (Å²) in [6.45, 7) is 5.65. The second kappa shape index (κ2) is 7.40. The third-order valence-electron chi connectivity index (χ3n) is 3.61. The second-order valence-electron chi connectivity index (χ2n) is 6.75. The maximum atomic E-state index is 12.2. The average molecular weight is 356 g/mol. The minimum absolute atomic E-state index is 0.177. The first-order valence-electron chi connectivity index (χ1n) is 7.75. The van der Waals surface area contributed by atoms with Crippen molar-refractivity contribution in [3.8, 4) is 0 Å². The monoisotopic (exact) mass is 355 g/mol. The van der Waals surface area contributed by atoms with Gasteiger partial charge in [0, 0.05) is 11.4 Å². The number of carboxylic acids is 1. The standard InChI is InChI=1S/C17H22ClNO5/c1-17(2,3)24-16(22)19-9-12(8-14(19)15(20)21)23-10-11-6-4-5-7-13(11)18/h4-7,12,14H,8-10H2,1-3H3,(H,20,21)/t12-,14+/m1/s1. The summed E-state index contributed by atoms with van der Waals surface area (Å²) in [5, 5.41) is 9.94. The number of likely N-dealkylation sites (tertiary alicyclic amines) is 1. The van der Waals surface area contributed by atoms with Gasteiger partial charge in [-0.25, -0.2) is 9.59 Å². The van der Waals surface area contributed by atoms with Gasteiger partial charge in [0.25, 0.3) is 0 Å². The molecule has 1 aromatic carbocycles. The topological polar surface area (TPSA) is 76.1 Å². The molecule has 24 heavy (non-hydrogen) atoms. The predicted molar refractivity (Wildman–Crippen MR) is 89.0 cm³/mol. The lowest BCUT2D eigenvalue weighted by atomic mass is 10.2. The maximum Gasteiger partial charge on any atom is 0.411 e. The van der Waals surface area contributed by atoms with E-state index in [0.29, 0.717) is 5.02 Å². The van der Waals surface area contributed by atoms with Gasteiger partial charge < -0.3 is 14.6 Å². The van der Waals surface area contributed by atoms with Crippen LogP contribution in [0.1, 0.15) is 32.8 Å². The SMILES string of the molecule is CC(C)(C)OC(=O)N1C[C@H](OCc2ccccc2Cl)C[C@H]1C(=O)O. The zero-order valence-corrected chi connectivity index (χ0v) is 14.7. The molecule has 0 unspecified atom stereocenters. The summed E-state index contributed by atoms with van der Waals surface area (Å²) < 4.78 is 11.0. The molecule has 1 N–H and O–H groups in total. The van der Waals surface area contributed by atoms with Crippen molar-refractivity contribution in [2.24, 2.45) is 0 Å². The highest BCUT2D eigenvalue weighted by molar-refractivity contribution is 6.31. The van der Waals surface area contributed by atoms with Crippen LogP contribution >= 0.6 is 11.6 Å². The van der Waals surface area contributed by atoms with E-state index in [0.717, 1.165) is 5.56 Å². The smallest absolute Gasteiger partial charge is 0.411 e. The molecule has 7 heteroatoms. The van der Waals surface area contributed by atoms with Crippen molar-refractivity contribution < 1.29 is 24.2 Å². The van der Waals surface area contributed by atoms with Crippen molar-refractivity contribution in [1.29, 1.82) is 0 Å². The lowest BCUT2D eigenvalue weighted by Gasteiger charge is -2.26. The molecule has 0 aromatic heterocycles. The van der Waals surface area contributed by atoms with Crippen LogP contribution in [0.2, 0.25) is 5.02 Å². The molecule has 0 aliphatic carbocycles. The van der Waals surface area contributed by atoms with E-state index >= 15 is 0 Å². The molecule has 1 heterocycles. The van der Waals surface area contributed by atoms with Crippen LogP contribution in [-0.4, -0.2) is 46.4 Å². The fourth-order valence-corrected chi connectivity index (χ4v) is 2.69. The summed E-state index contributed by atoms with van der Waals surface area (Å²) in [6.07, 6.45) is -0.799. The van der Waals surface area contributed by atoms with Gasteiger partial charge >= 0.3 is 12.1 Å². The minimum Gasteiger partial charge on any atom is -0.480 e. The lowest BCUT2D eigenvalue weighted by Crippen LogP contribution is -2.43. The van der Waals surface area contributed by atoms with Gasteiger partial charge in [-0.2, -0.15) is 0 Å². The fourth-order valence-electron chi connectivity index (χ4n) is 2.50. The number of carbonyl (C=O) groups is 2. The maximum absolute atomic E-state index is 12.2. The number of amides is 1. The number of halogens is 1. The molecule has 2 atom stereocenters.